The number of para-hydroxylation sites is 1. The maximum atomic E-state index is 12.6. The molecule has 30 heavy (non-hydrogen) atoms. The lowest BCUT2D eigenvalue weighted by molar-refractivity contribution is -0.116. The SMILES string of the molecule is CC(C)(C)c1ccc(OCCC(=O)Nc2ccccc2C(=O)NC2CCCC2)cc1. The highest BCUT2D eigenvalue weighted by Gasteiger charge is 2.20. The Morgan fingerprint density at radius 2 is 1.67 bits per heavy atom. The van der Waals surface area contributed by atoms with Gasteiger partial charge < -0.3 is 15.4 Å². The van der Waals surface area contributed by atoms with Crippen molar-refractivity contribution in [2.24, 2.45) is 0 Å². The minimum Gasteiger partial charge on any atom is -0.493 e. The Morgan fingerprint density at radius 3 is 2.33 bits per heavy atom. The van der Waals surface area contributed by atoms with Crippen LogP contribution in [0.1, 0.15) is 68.8 Å². The van der Waals surface area contributed by atoms with Crippen molar-refractivity contribution in [3.63, 3.8) is 0 Å². The molecule has 1 fully saturated rings. The molecule has 0 bridgehead atoms. The van der Waals surface area contributed by atoms with Crippen LogP contribution in [0.15, 0.2) is 48.5 Å². The lowest BCUT2D eigenvalue weighted by Gasteiger charge is -2.19. The van der Waals surface area contributed by atoms with E-state index in [1.807, 2.05) is 24.3 Å². The van der Waals surface area contributed by atoms with Gasteiger partial charge >= 0.3 is 0 Å². The number of carbonyl (C=O) groups is 2. The summed E-state index contributed by atoms with van der Waals surface area (Å²) >= 11 is 0. The highest BCUT2D eigenvalue weighted by atomic mass is 16.5. The van der Waals surface area contributed by atoms with E-state index in [2.05, 4.69) is 43.5 Å². The van der Waals surface area contributed by atoms with Crippen LogP contribution in [-0.2, 0) is 10.2 Å². The van der Waals surface area contributed by atoms with Crippen LogP contribution < -0.4 is 15.4 Å². The average Bonchev–Trinajstić information content (AvgIpc) is 3.21. The summed E-state index contributed by atoms with van der Waals surface area (Å²) in [6.07, 6.45) is 4.56. The molecule has 0 aromatic heterocycles. The number of nitrogens with one attached hydrogen (secondary N) is 2. The van der Waals surface area contributed by atoms with E-state index in [0.29, 0.717) is 11.3 Å². The fraction of sp³-hybridized carbons (Fsp3) is 0.440. The average molecular weight is 409 g/mol. The number of carbonyl (C=O) groups excluding carboxylic acids is 2. The minimum absolute atomic E-state index is 0.0931. The van der Waals surface area contributed by atoms with Crippen LogP contribution in [-0.4, -0.2) is 24.5 Å². The van der Waals surface area contributed by atoms with Crippen LogP contribution in [0.5, 0.6) is 5.75 Å². The molecule has 3 rings (SSSR count). The number of benzene rings is 2. The summed E-state index contributed by atoms with van der Waals surface area (Å²) in [5.74, 6) is 0.433. The first-order chi connectivity index (χ1) is 14.3. The van der Waals surface area contributed by atoms with Crippen molar-refractivity contribution < 1.29 is 14.3 Å². The molecule has 0 unspecified atom stereocenters. The van der Waals surface area contributed by atoms with Crippen molar-refractivity contribution in [2.45, 2.75) is 64.3 Å². The molecule has 0 saturated heterocycles. The lowest BCUT2D eigenvalue weighted by atomic mass is 9.87. The second-order valence-corrected chi connectivity index (χ2v) is 8.92. The van der Waals surface area contributed by atoms with E-state index in [4.69, 9.17) is 4.74 Å². The van der Waals surface area contributed by atoms with E-state index in [0.717, 1.165) is 31.4 Å². The van der Waals surface area contributed by atoms with E-state index in [1.54, 1.807) is 12.1 Å². The summed E-state index contributed by atoms with van der Waals surface area (Å²) in [6, 6.07) is 15.3. The number of hydrogen-bond acceptors (Lipinski definition) is 3. The second kappa shape index (κ2) is 9.79. The van der Waals surface area contributed by atoms with Gasteiger partial charge in [0.05, 0.1) is 24.3 Å². The first-order valence-electron chi connectivity index (χ1n) is 10.8. The molecule has 1 aliphatic carbocycles. The molecule has 2 N–H and O–H groups in total. The van der Waals surface area contributed by atoms with Gasteiger partial charge in [-0.1, -0.05) is 57.9 Å². The maximum absolute atomic E-state index is 12.6. The summed E-state index contributed by atoms with van der Waals surface area (Å²) in [7, 11) is 0. The molecule has 1 saturated carbocycles. The highest BCUT2D eigenvalue weighted by Crippen LogP contribution is 2.24. The first kappa shape index (κ1) is 21.9. The Hall–Kier alpha value is -2.82. The smallest absolute Gasteiger partial charge is 0.253 e. The van der Waals surface area contributed by atoms with Gasteiger partial charge in [0.1, 0.15) is 5.75 Å². The van der Waals surface area contributed by atoms with Gasteiger partial charge in [0.25, 0.3) is 5.91 Å². The van der Waals surface area contributed by atoms with Crippen LogP contribution in [0.2, 0.25) is 0 Å². The Bertz CT molecular complexity index is 863. The van der Waals surface area contributed by atoms with Crippen molar-refractivity contribution in [2.75, 3.05) is 11.9 Å². The molecule has 0 spiro atoms. The van der Waals surface area contributed by atoms with Crippen LogP contribution >= 0.6 is 0 Å². The van der Waals surface area contributed by atoms with Crippen molar-refractivity contribution in [3.8, 4) is 5.75 Å². The van der Waals surface area contributed by atoms with Crippen LogP contribution in [0.3, 0.4) is 0 Å². The molecule has 2 aromatic carbocycles. The largest absolute Gasteiger partial charge is 0.493 e. The van der Waals surface area contributed by atoms with Gasteiger partial charge in [-0.3, -0.25) is 9.59 Å². The van der Waals surface area contributed by atoms with E-state index in [9.17, 15) is 9.59 Å². The van der Waals surface area contributed by atoms with Crippen LogP contribution in [0, 0.1) is 0 Å². The summed E-state index contributed by atoms with van der Waals surface area (Å²) in [5, 5.41) is 5.93. The number of rotatable bonds is 7. The Labute approximate surface area is 179 Å². The molecule has 0 heterocycles. The molecule has 2 aromatic rings. The monoisotopic (exact) mass is 408 g/mol. The molecule has 160 valence electrons. The number of ether oxygens (including phenoxy) is 1. The molecule has 0 aliphatic heterocycles. The fourth-order valence-corrected chi connectivity index (χ4v) is 3.65. The van der Waals surface area contributed by atoms with Gasteiger partial charge in [-0.05, 0) is 48.1 Å². The van der Waals surface area contributed by atoms with Crippen molar-refractivity contribution in [3.05, 3.63) is 59.7 Å². The Kier molecular flexibility index (Phi) is 7.14. The zero-order chi connectivity index (χ0) is 21.6. The van der Waals surface area contributed by atoms with Crippen molar-refractivity contribution >= 4 is 17.5 Å². The molecule has 1 aliphatic rings. The fourth-order valence-electron chi connectivity index (χ4n) is 3.65. The topological polar surface area (TPSA) is 67.4 Å². The van der Waals surface area contributed by atoms with Crippen LogP contribution in [0.4, 0.5) is 5.69 Å². The summed E-state index contributed by atoms with van der Waals surface area (Å²) in [4.78, 5) is 25.0. The van der Waals surface area contributed by atoms with E-state index in [1.165, 1.54) is 5.56 Å². The van der Waals surface area contributed by atoms with Gasteiger partial charge in [0.2, 0.25) is 5.91 Å². The summed E-state index contributed by atoms with van der Waals surface area (Å²) in [6.45, 7) is 6.77. The zero-order valence-corrected chi connectivity index (χ0v) is 18.2. The summed E-state index contributed by atoms with van der Waals surface area (Å²) in [5.41, 5.74) is 2.36. The van der Waals surface area contributed by atoms with E-state index >= 15 is 0 Å². The second-order valence-electron chi connectivity index (χ2n) is 8.92. The minimum atomic E-state index is -0.178. The highest BCUT2D eigenvalue weighted by molar-refractivity contribution is 6.03. The summed E-state index contributed by atoms with van der Waals surface area (Å²) < 4.78 is 5.71. The zero-order valence-electron chi connectivity index (χ0n) is 18.2. The number of anilines is 1. The molecule has 2 amide bonds. The Balaban J connectivity index is 1.50. The molecule has 5 heteroatoms. The predicted octanol–water partition coefficient (Wildman–Crippen LogP) is 5.06. The number of hydrogen-bond donors (Lipinski definition) is 2. The third-order valence-corrected chi connectivity index (χ3v) is 5.45. The third-order valence-electron chi connectivity index (χ3n) is 5.45. The van der Waals surface area contributed by atoms with Gasteiger partial charge in [-0.25, -0.2) is 0 Å². The number of amides is 2. The van der Waals surface area contributed by atoms with E-state index in [-0.39, 0.29) is 36.3 Å². The third kappa shape index (κ3) is 6.09. The molecule has 5 nitrogen and oxygen atoms in total. The van der Waals surface area contributed by atoms with Gasteiger partial charge in [0, 0.05) is 6.04 Å². The standard InChI is InChI=1S/C25H32N2O3/c1-25(2,3)18-12-14-20(15-13-18)30-17-16-23(28)27-22-11-7-6-10-21(22)24(29)26-19-8-4-5-9-19/h6-7,10-15,19H,4-5,8-9,16-17H2,1-3H3,(H,26,29)(H,27,28). The normalized spacial score (nSPS) is 14.4. The first-order valence-corrected chi connectivity index (χ1v) is 10.8. The lowest BCUT2D eigenvalue weighted by Crippen LogP contribution is -2.33. The van der Waals surface area contributed by atoms with Gasteiger partial charge in [0.15, 0.2) is 0 Å². The van der Waals surface area contributed by atoms with Crippen LogP contribution in [0.25, 0.3) is 0 Å². The molecule has 0 radical (unpaired) electrons. The van der Waals surface area contributed by atoms with E-state index < -0.39 is 0 Å². The molecule has 0 atom stereocenters. The quantitative estimate of drug-likeness (QED) is 0.673. The maximum Gasteiger partial charge on any atom is 0.253 e. The van der Waals surface area contributed by atoms with Gasteiger partial charge in [-0.2, -0.15) is 0 Å². The predicted molar refractivity (Wildman–Crippen MR) is 120 cm³/mol. The Morgan fingerprint density at radius 1 is 1.00 bits per heavy atom. The van der Waals surface area contributed by atoms with Crippen molar-refractivity contribution in [1.82, 2.24) is 5.32 Å². The molecular weight excluding hydrogens is 376 g/mol. The van der Waals surface area contributed by atoms with Gasteiger partial charge in [-0.15, -0.1) is 0 Å². The van der Waals surface area contributed by atoms with Crippen molar-refractivity contribution in [1.29, 1.82) is 0 Å². The molecular formula is C25H32N2O3.